The van der Waals surface area contributed by atoms with E-state index in [1.54, 1.807) is 0 Å². The first-order valence-corrected chi connectivity index (χ1v) is 6.89. The van der Waals surface area contributed by atoms with Crippen LogP contribution in [0.25, 0.3) is 0 Å². The second kappa shape index (κ2) is 15.9. The monoisotopic (exact) mass is 260 g/mol. The van der Waals surface area contributed by atoms with E-state index in [9.17, 15) is 9.59 Å². The van der Waals surface area contributed by atoms with E-state index in [1.807, 2.05) is 0 Å². The first-order chi connectivity index (χ1) is 8.54. The maximum absolute atomic E-state index is 10.1. The third-order valence-corrected chi connectivity index (χ3v) is 2.30. The number of aliphatic carboxylic acids is 1. The summed E-state index contributed by atoms with van der Waals surface area (Å²) in [6, 6.07) is 0. The quantitative estimate of drug-likeness (QED) is 0.506. The van der Waals surface area contributed by atoms with Crippen molar-refractivity contribution in [1.29, 1.82) is 0 Å². The van der Waals surface area contributed by atoms with Crippen LogP contribution >= 0.6 is 0 Å². The topological polar surface area (TPSA) is 63.6 Å². The van der Waals surface area contributed by atoms with E-state index in [-0.39, 0.29) is 5.97 Å². The molecular formula is C14H28O4. The van der Waals surface area contributed by atoms with Crippen LogP contribution in [0.15, 0.2) is 0 Å². The van der Waals surface area contributed by atoms with Crippen LogP contribution in [0.2, 0.25) is 0 Å². The number of carbonyl (C=O) groups excluding carboxylic acids is 1. The summed E-state index contributed by atoms with van der Waals surface area (Å²) in [5, 5.41) is 8.27. The lowest BCUT2D eigenvalue weighted by Crippen LogP contribution is -1.99. The molecule has 0 heterocycles. The lowest BCUT2D eigenvalue weighted by atomic mass is 10.1. The average Bonchev–Trinajstić information content (AvgIpc) is 2.29. The molecule has 0 bridgehead atoms. The number of rotatable bonds is 9. The Morgan fingerprint density at radius 1 is 0.944 bits per heavy atom. The molecule has 0 rings (SSSR count). The highest BCUT2D eigenvalue weighted by atomic mass is 16.5. The minimum atomic E-state index is -0.670. The zero-order chi connectivity index (χ0) is 14.2. The first-order valence-electron chi connectivity index (χ1n) is 6.89. The number of carboxylic acids is 1. The van der Waals surface area contributed by atoms with Crippen molar-refractivity contribution >= 4 is 11.9 Å². The van der Waals surface area contributed by atoms with Gasteiger partial charge in [0.05, 0.1) is 6.61 Å². The van der Waals surface area contributed by atoms with Gasteiger partial charge in [-0.25, -0.2) is 0 Å². The third-order valence-electron chi connectivity index (χ3n) is 2.30. The molecule has 0 amide bonds. The molecule has 18 heavy (non-hydrogen) atoms. The minimum Gasteiger partial charge on any atom is -0.481 e. The molecule has 0 saturated heterocycles. The standard InChI is InChI=1S/C8H16O2.C6H12O2/c1-2-3-4-5-6-7-8(9)10;1-3-4-5-8-6(2)7/h2-7H2,1H3,(H,9,10);3-5H2,1-2H3. The normalized spacial score (nSPS) is 9.28. The molecule has 108 valence electrons. The Hall–Kier alpha value is -1.06. The molecule has 0 atom stereocenters. The summed E-state index contributed by atoms with van der Waals surface area (Å²) in [5.41, 5.74) is 0. The van der Waals surface area contributed by atoms with E-state index in [2.05, 4.69) is 18.6 Å². The lowest BCUT2D eigenvalue weighted by molar-refractivity contribution is -0.141. The fourth-order valence-corrected chi connectivity index (χ4v) is 1.24. The van der Waals surface area contributed by atoms with Crippen molar-refractivity contribution in [3.8, 4) is 0 Å². The lowest BCUT2D eigenvalue weighted by Gasteiger charge is -1.96. The van der Waals surface area contributed by atoms with Gasteiger partial charge in [-0.15, -0.1) is 0 Å². The van der Waals surface area contributed by atoms with Gasteiger partial charge >= 0.3 is 11.9 Å². The molecule has 0 aliphatic rings. The van der Waals surface area contributed by atoms with Crippen LogP contribution in [0.3, 0.4) is 0 Å². The fraction of sp³-hybridized carbons (Fsp3) is 0.857. The van der Waals surface area contributed by atoms with Crippen molar-refractivity contribution in [3.05, 3.63) is 0 Å². The van der Waals surface area contributed by atoms with Crippen molar-refractivity contribution in [1.82, 2.24) is 0 Å². The van der Waals surface area contributed by atoms with Crippen LogP contribution in [0.4, 0.5) is 0 Å². The summed E-state index contributed by atoms with van der Waals surface area (Å²) in [4.78, 5) is 20.1. The Labute approximate surface area is 111 Å². The highest BCUT2D eigenvalue weighted by Gasteiger charge is 1.94. The van der Waals surface area contributed by atoms with Crippen LogP contribution in [0.1, 0.15) is 72.1 Å². The molecule has 0 aliphatic carbocycles. The molecule has 0 aromatic heterocycles. The molecule has 0 aliphatic heterocycles. The molecule has 0 spiro atoms. The number of ether oxygens (including phenoxy) is 1. The SMILES string of the molecule is CCCCCCCC(=O)O.CCCCOC(C)=O. The summed E-state index contributed by atoms with van der Waals surface area (Å²) < 4.78 is 4.64. The van der Waals surface area contributed by atoms with Gasteiger partial charge in [0, 0.05) is 13.3 Å². The number of carbonyl (C=O) groups is 2. The minimum absolute atomic E-state index is 0.182. The number of hydrogen-bond acceptors (Lipinski definition) is 3. The molecule has 4 nitrogen and oxygen atoms in total. The van der Waals surface area contributed by atoms with Gasteiger partial charge in [-0.1, -0.05) is 46.0 Å². The van der Waals surface area contributed by atoms with Crippen molar-refractivity contribution < 1.29 is 19.4 Å². The van der Waals surface area contributed by atoms with E-state index in [0.717, 1.165) is 25.7 Å². The first kappa shape index (κ1) is 19.3. The highest BCUT2D eigenvalue weighted by Crippen LogP contribution is 2.04. The van der Waals surface area contributed by atoms with E-state index < -0.39 is 5.97 Å². The molecule has 4 heteroatoms. The molecule has 0 radical (unpaired) electrons. The molecular weight excluding hydrogens is 232 g/mol. The Balaban J connectivity index is 0. The molecule has 0 aromatic carbocycles. The maximum Gasteiger partial charge on any atom is 0.303 e. The summed E-state index contributed by atoms with van der Waals surface area (Å²) in [5.74, 6) is -0.852. The number of unbranched alkanes of at least 4 members (excludes halogenated alkanes) is 5. The Bertz CT molecular complexity index is 202. The number of esters is 1. The Morgan fingerprint density at radius 2 is 1.50 bits per heavy atom. The van der Waals surface area contributed by atoms with Crippen molar-refractivity contribution in [3.63, 3.8) is 0 Å². The van der Waals surface area contributed by atoms with Crippen LogP contribution in [-0.2, 0) is 14.3 Å². The van der Waals surface area contributed by atoms with Gasteiger partial charge < -0.3 is 9.84 Å². The zero-order valence-corrected chi connectivity index (χ0v) is 12.0. The van der Waals surface area contributed by atoms with Gasteiger partial charge in [-0.2, -0.15) is 0 Å². The fourth-order valence-electron chi connectivity index (χ4n) is 1.24. The molecule has 0 unspecified atom stereocenters. The van der Waals surface area contributed by atoms with E-state index in [1.165, 1.54) is 26.2 Å². The maximum atomic E-state index is 10.1. The van der Waals surface area contributed by atoms with Gasteiger partial charge in [-0.05, 0) is 12.8 Å². The smallest absolute Gasteiger partial charge is 0.303 e. The van der Waals surface area contributed by atoms with Crippen LogP contribution < -0.4 is 0 Å². The highest BCUT2D eigenvalue weighted by molar-refractivity contribution is 5.66. The second-order valence-electron chi connectivity index (χ2n) is 4.25. The molecule has 0 fully saturated rings. The van der Waals surface area contributed by atoms with Gasteiger partial charge in [0.1, 0.15) is 0 Å². The third kappa shape index (κ3) is 24.3. The summed E-state index contributed by atoms with van der Waals surface area (Å²) >= 11 is 0. The van der Waals surface area contributed by atoms with Crippen LogP contribution in [0.5, 0.6) is 0 Å². The van der Waals surface area contributed by atoms with Gasteiger partial charge in [0.25, 0.3) is 0 Å². The van der Waals surface area contributed by atoms with Crippen LogP contribution in [0, 0.1) is 0 Å². The Kier molecular flexibility index (Phi) is 17.1. The van der Waals surface area contributed by atoms with Crippen molar-refractivity contribution in [2.24, 2.45) is 0 Å². The van der Waals surface area contributed by atoms with E-state index >= 15 is 0 Å². The van der Waals surface area contributed by atoms with Gasteiger partial charge in [0.15, 0.2) is 0 Å². The second-order valence-corrected chi connectivity index (χ2v) is 4.25. The van der Waals surface area contributed by atoms with Gasteiger partial charge in [-0.3, -0.25) is 9.59 Å². The molecule has 0 saturated carbocycles. The van der Waals surface area contributed by atoms with Crippen LogP contribution in [-0.4, -0.2) is 23.7 Å². The average molecular weight is 260 g/mol. The summed E-state index contributed by atoms with van der Waals surface area (Å²) in [7, 11) is 0. The van der Waals surface area contributed by atoms with Crippen molar-refractivity contribution in [2.45, 2.75) is 72.1 Å². The van der Waals surface area contributed by atoms with Gasteiger partial charge in [0.2, 0.25) is 0 Å². The largest absolute Gasteiger partial charge is 0.481 e. The predicted octanol–water partition coefficient (Wildman–Crippen LogP) is 3.78. The summed E-state index contributed by atoms with van der Waals surface area (Å²) in [6.07, 6.45) is 7.93. The zero-order valence-electron chi connectivity index (χ0n) is 12.0. The van der Waals surface area contributed by atoms with E-state index in [4.69, 9.17) is 5.11 Å². The molecule has 1 N–H and O–H groups in total. The number of carboxylic acid groups (broad SMARTS) is 1. The van der Waals surface area contributed by atoms with E-state index in [0.29, 0.717) is 13.0 Å². The predicted molar refractivity (Wildman–Crippen MR) is 72.6 cm³/mol. The molecule has 0 aromatic rings. The number of hydrogen-bond donors (Lipinski definition) is 1. The Morgan fingerprint density at radius 3 is 1.94 bits per heavy atom. The van der Waals surface area contributed by atoms with Crippen molar-refractivity contribution in [2.75, 3.05) is 6.61 Å². The summed E-state index contributed by atoms with van der Waals surface area (Å²) in [6.45, 7) is 6.21.